The van der Waals surface area contributed by atoms with Gasteiger partial charge in [0.2, 0.25) is 0 Å². The van der Waals surface area contributed by atoms with E-state index < -0.39 is 23.6 Å². The van der Waals surface area contributed by atoms with E-state index in [1.54, 1.807) is 6.92 Å². The first-order valence-corrected chi connectivity index (χ1v) is 7.05. The van der Waals surface area contributed by atoms with Crippen molar-refractivity contribution in [2.75, 3.05) is 0 Å². The summed E-state index contributed by atoms with van der Waals surface area (Å²) in [6, 6.07) is 0. The molecule has 0 aliphatic heterocycles. The molecule has 0 amide bonds. The molecule has 0 unspecified atom stereocenters. The van der Waals surface area contributed by atoms with Gasteiger partial charge < -0.3 is 15.3 Å². The maximum Gasteiger partial charge on any atom is 0.306 e. The smallest absolute Gasteiger partial charge is 0.306 e. The van der Waals surface area contributed by atoms with Gasteiger partial charge in [-0.1, -0.05) is 13.0 Å². The molecule has 4 nitrogen and oxygen atoms in total. The second-order valence-corrected chi connectivity index (χ2v) is 6.53. The van der Waals surface area contributed by atoms with Gasteiger partial charge in [-0.2, -0.15) is 0 Å². The highest BCUT2D eigenvalue weighted by molar-refractivity contribution is 5.70. The SMILES string of the molecule is CC1=C[C@@H]2[C@@H]([C@@H](C)C(=O)O)CC[C@@](C)(O)[C@@H]2C[C@H]1O. The molecule has 0 aromatic carbocycles. The molecule has 108 valence electrons. The predicted molar refractivity (Wildman–Crippen MR) is 71.5 cm³/mol. The number of carboxylic acid groups (broad SMARTS) is 1. The van der Waals surface area contributed by atoms with Crippen LogP contribution in [0.1, 0.15) is 40.0 Å². The number of hydrogen-bond acceptors (Lipinski definition) is 3. The minimum atomic E-state index is -0.808. The molecule has 0 aromatic rings. The molecule has 2 aliphatic rings. The van der Waals surface area contributed by atoms with Crippen molar-refractivity contribution in [2.45, 2.75) is 51.7 Å². The number of carboxylic acids is 1. The van der Waals surface area contributed by atoms with Crippen molar-refractivity contribution in [3.63, 3.8) is 0 Å². The number of carbonyl (C=O) groups is 1. The van der Waals surface area contributed by atoms with Crippen molar-refractivity contribution >= 4 is 5.97 Å². The molecule has 19 heavy (non-hydrogen) atoms. The summed E-state index contributed by atoms with van der Waals surface area (Å²) >= 11 is 0. The normalized spacial score (nSPS) is 44.2. The fourth-order valence-corrected chi connectivity index (χ4v) is 3.81. The summed E-state index contributed by atoms with van der Waals surface area (Å²) in [5.41, 5.74) is 0.0962. The van der Waals surface area contributed by atoms with Crippen molar-refractivity contribution in [2.24, 2.45) is 23.7 Å². The van der Waals surface area contributed by atoms with Gasteiger partial charge >= 0.3 is 5.97 Å². The fourth-order valence-electron chi connectivity index (χ4n) is 3.81. The van der Waals surface area contributed by atoms with Crippen LogP contribution in [-0.4, -0.2) is 33.0 Å². The fraction of sp³-hybridized carbons (Fsp3) is 0.800. The van der Waals surface area contributed by atoms with E-state index in [-0.39, 0.29) is 17.8 Å². The van der Waals surface area contributed by atoms with E-state index in [0.717, 1.165) is 12.0 Å². The Bertz CT molecular complexity index is 399. The monoisotopic (exact) mass is 268 g/mol. The van der Waals surface area contributed by atoms with Gasteiger partial charge in [-0.25, -0.2) is 0 Å². The van der Waals surface area contributed by atoms with Crippen molar-refractivity contribution in [1.29, 1.82) is 0 Å². The largest absolute Gasteiger partial charge is 0.481 e. The Balaban J connectivity index is 2.33. The first-order valence-electron chi connectivity index (χ1n) is 7.05. The molecule has 1 saturated carbocycles. The zero-order valence-electron chi connectivity index (χ0n) is 11.8. The van der Waals surface area contributed by atoms with Crippen LogP contribution in [0.4, 0.5) is 0 Å². The number of aliphatic carboxylic acids is 1. The Hall–Kier alpha value is -0.870. The van der Waals surface area contributed by atoms with Crippen LogP contribution in [-0.2, 0) is 4.79 Å². The third kappa shape index (κ3) is 2.56. The molecule has 3 N–H and O–H groups in total. The first-order chi connectivity index (χ1) is 8.74. The molecule has 4 heteroatoms. The molecule has 0 aromatic heterocycles. The van der Waals surface area contributed by atoms with E-state index in [1.165, 1.54) is 0 Å². The van der Waals surface area contributed by atoms with Crippen LogP contribution in [0.15, 0.2) is 11.6 Å². The zero-order chi connectivity index (χ0) is 14.4. The lowest BCUT2D eigenvalue weighted by Gasteiger charge is -2.50. The molecule has 2 rings (SSSR count). The molecule has 6 atom stereocenters. The van der Waals surface area contributed by atoms with Gasteiger partial charge in [0.25, 0.3) is 0 Å². The third-order valence-corrected chi connectivity index (χ3v) is 5.23. The van der Waals surface area contributed by atoms with Crippen LogP contribution in [0.5, 0.6) is 0 Å². The Kier molecular flexibility index (Phi) is 3.76. The Morgan fingerprint density at radius 3 is 2.74 bits per heavy atom. The highest BCUT2D eigenvalue weighted by Crippen LogP contribution is 2.49. The number of rotatable bonds is 2. The van der Waals surface area contributed by atoms with Gasteiger partial charge in [-0.3, -0.25) is 4.79 Å². The summed E-state index contributed by atoms with van der Waals surface area (Å²) in [6.45, 7) is 5.44. The summed E-state index contributed by atoms with van der Waals surface area (Å²) in [6.07, 6.45) is 3.35. The van der Waals surface area contributed by atoms with Crippen LogP contribution in [0, 0.1) is 23.7 Å². The summed E-state index contributed by atoms with van der Waals surface area (Å²) in [4.78, 5) is 11.2. The zero-order valence-corrected chi connectivity index (χ0v) is 11.8. The van der Waals surface area contributed by atoms with E-state index in [2.05, 4.69) is 0 Å². The number of hydrogen-bond donors (Lipinski definition) is 3. The minimum Gasteiger partial charge on any atom is -0.481 e. The van der Waals surface area contributed by atoms with Crippen LogP contribution < -0.4 is 0 Å². The van der Waals surface area contributed by atoms with Crippen molar-refractivity contribution in [3.8, 4) is 0 Å². The van der Waals surface area contributed by atoms with Gasteiger partial charge in [-0.15, -0.1) is 0 Å². The molecule has 0 spiro atoms. The van der Waals surface area contributed by atoms with E-state index in [9.17, 15) is 20.1 Å². The molecule has 0 heterocycles. The van der Waals surface area contributed by atoms with E-state index in [1.807, 2.05) is 19.9 Å². The maximum atomic E-state index is 11.2. The van der Waals surface area contributed by atoms with E-state index in [0.29, 0.717) is 12.8 Å². The van der Waals surface area contributed by atoms with Crippen LogP contribution in [0.25, 0.3) is 0 Å². The number of fused-ring (bicyclic) bond motifs is 1. The lowest BCUT2D eigenvalue weighted by molar-refractivity contribution is -0.148. The topological polar surface area (TPSA) is 77.8 Å². The van der Waals surface area contributed by atoms with Crippen LogP contribution in [0.3, 0.4) is 0 Å². The van der Waals surface area contributed by atoms with Gasteiger partial charge in [0.1, 0.15) is 0 Å². The second-order valence-electron chi connectivity index (χ2n) is 6.53. The van der Waals surface area contributed by atoms with Crippen molar-refractivity contribution in [1.82, 2.24) is 0 Å². The summed E-state index contributed by atoms with van der Waals surface area (Å²) in [5, 5.41) is 29.8. The van der Waals surface area contributed by atoms with Gasteiger partial charge in [0, 0.05) is 0 Å². The van der Waals surface area contributed by atoms with E-state index in [4.69, 9.17) is 0 Å². The van der Waals surface area contributed by atoms with Gasteiger partial charge in [-0.05, 0) is 56.4 Å². The Morgan fingerprint density at radius 1 is 1.53 bits per heavy atom. The van der Waals surface area contributed by atoms with Crippen molar-refractivity contribution < 1.29 is 20.1 Å². The lowest BCUT2D eigenvalue weighted by atomic mass is 9.58. The van der Waals surface area contributed by atoms with E-state index >= 15 is 0 Å². The molecule has 0 bridgehead atoms. The summed E-state index contributed by atoms with van der Waals surface area (Å²) < 4.78 is 0. The van der Waals surface area contributed by atoms with Gasteiger partial charge in [0.05, 0.1) is 17.6 Å². The number of aliphatic hydroxyl groups excluding tert-OH is 1. The highest BCUT2D eigenvalue weighted by atomic mass is 16.4. The highest BCUT2D eigenvalue weighted by Gasteiger charge is 2.49. The average Bonchev–Trinajstić information content (AvgIpc) is 2.31. The average molecular weight is 268 g/mol. The molecular weight excluding hydrogens is 244 g/mol. The maximum absolute atomic E-state index is 11.2. The molecule has 1 fully saturated rings. The first kappa shape index (κ1) is 14.5. The Labute approximate surface area is 114 Å². The molecular formula is C15H24O4. The van der Waals surface area contributed by atoms with Crippen LogP contribution >= 0.6 is 0 Å². The Morgan fingerprint density at radius 2 is 2.16 bits per heavy atom. The minimum absolute atomic E-state index is 0.0465. The summed E-state index contributed by atoms with van der Waals surface area (Å²) in [7, 11) is 0. The van der Waals surface area contributed by atoms with Crippen LogP contribution in [0.2, 0.25) is 0 Å². The van der Waals surface area contributed by atoms with Crippen molar-refractivity contribution in [3.05, 3.63) is 11.6 Å². The third-order valence-electron chi connectivity index (χ3n) is 5.23. The van der Waals surface area contributed by atoms with Gasteiger partial charge in [0.15, 0.2) is 0 Å². The number of aliphatic hydroxyl groups is 2. The molecule has 0 saturated heterocycles. The molecule has 2 aliphatic carbocycles. The number of allylic oxidation sites excluding steroid dienone is 1. The lowest BCUT2D eigenvalue weighted by Crippen LogP contribution is -2.51. The molecule has 0 radical (unpaired) electrons. The summed E-state index contributed by atoms with van der Waals surface area (Å²) in [5.74, 6) is -1.14. The predicted octanol–water partition coefficient (Wildman–Crippen LogP) is 1.81. The quantitative estimate of drug-likeness (QED) is 0.667. The standard InChI is InChI=1S/C15H24O4/c1-8-6-11-10(9(2)14(17)18)4-5-15(3,19)12(11)7-13(8)16/h6,9-13,16,19H,4-5,7H2,1-3H3,(H,17,18)/t9-,10-,11-,12-,13-,15-/m1/s1. The second kappa shape index (κ2) is 4.91.